The van der Waals surface area contributed by atoms with Crippen LogP contribution in [0.5, 0.6) is 11.5 Å². The van der Waals surface area contributed by atoms with Gasteiger partial charge in [0.2, 0.25) is 6.29 Å². The number of allylic oxidation sites excluding steroid dienone is 2. The molecule has 324 valence electrons. The number of hydrogen-bond acceptors (Lipinski definition) is 11. The number of ketones is 1. The molecule has 4 saturated carbocycles. The Kier molecular flexibility index (Phi) is 9.91. The fourth-order valence-corrected chi connectivity index (χ4v) is 15.0. The van der Waals surface area contributed by atoms with Gasteiger partial charge in [-0.1, -0.05) is 25.0 Å². The maximum Gasteiger partial charge on any atom is 0.335 e. The van der Waals surface area contributed by atoms with Gasteiger partial charge in [-0.25, -0.2) is 4.79 Å². The number of aromatic hydroxyl groups is 1. The lowest BCUT2D eigenvalue weighted by molar-refractivity contribution is -0.326. The van der Waals surface area contributed by atoms with E-state index in [-0.39, 0.29) is 58.1 Å². The summed E-state index contributed by atoms with van der Waals surface area (Å²) in [5.41, 5.74) is 2.93. The lowest BCUT2D eigenvalue weighted by Gasteiger charge is -2.64. The van der Waals surface area contributed by atoms with Crippen molar-refractivity contribution in [1.82, 2.24) is 0 Å². The van der Waals surface area contributed by atoms with Crippen LogP contribution in [0.25, 0.3) is 10.8 Å². The van der Waals surface area contributed by atoms with Crippen LogP contribution in [0.2, 0.25) is 0 Å². The molecule has 12 heteroatoms. The number of aliphatic hydroxyl groups excluding tert-OH is 4. The van der Waals surface area contributed by atoms with E-state index in [0.29, 0.717) is 60.7 Å². The molecule has 3 aliphatic heterocycles. The van der Waals surface area contributed by atoms with Crippen molar-refractivity contribution >= 4 is 22.5 Å². The highest BCUT2D eigenvalue weighted by Gasteiger charge is 2.68. The van der Waals surface area contributed by atoms with Crippen molar-refractivity contribution < 1.29 is 59.2 Å². The first-order valence-electron chi connectivity index (χ1n) is 22.4. The zero-order chi connectivity index (χ0) is 41.9. The van der Waals surface area contributed by atoms with Gasteiger partial charge in [-0.2, -0.15) is 0 Å². The molecule has 2 aromatic carbocycles. The minimum atomic E-state index is -1.71. The van der Waals surface area contributed by atoms with Crippen molar-refractivity contribution in [2.75, 3.05) is 33.0 Å². The van der Waals surface area contributed by atoms with Crippen LogP contribution in [0.3, 0.4) is 0 Å². The highest BCUT2D eigenvalue weighted by molar-refractivity contribution is 6.08. The Morgan fingerprint density at radius 2 is 1.78 bits per heavy atom. The molecule has 6 fully saturated rings. The van der Waals surface area contributed by atoms with Crippen LogP contribution >= 0.6 is 0 Å². The van der Waals surface area contributed by atoms with Crippen LogP contribution in [-0.4, -0.2) is 106 Å². The van der Waals surface area contributed by atoms with Crippen molar-refractivity contribution in [1.29, 1.82) is 0 Å². The summed E-state index contributed by atoms with van der Waals surface area (Å²) in [4.78, 5) is 24.9. The molecule has 0 amide bonds. The van der Waals surface area contributed by atoms with Crippen molar-refractivity contribution in [3.05, 3.63) is 57.7 Å². The fraction of sp³-hybridized carbons (Fsp3) is 0.667. The molecule has 0 aromatic heterocycles. The van der Waals surface area contributed by atoms with Crippen molar-refractivity contribution in [2.24, 2.45) is 39.9 Å². The number of aromatic carboxylic acids is 1. The molecule has 11 atom stereocenters. The van der Waals surface area contributed by atoms with Gasteiger partial charge >= 0.3 is 5.97 Å². The monoisotopic (exact) mass is 828 g/mol. The minimum absolute atomic E-state index is 0.0419. The molecule has 12 nitrogen and oxygen atoms in total. The van der Waals surface area contributed by atoms with Crippen LogP contribution < -0.4 is 4.74 Å². The molecule has 0 radical (unpaired) electrons. The number of phenols is 1. The molecule has 3 heterocycles. The van der Waals surface area contributed by atoms with Gasteiger partial charge in [0.15, 0.2) is 5.78 Å². The summed E-state index contributed by atoms with van der Waals surface area (Å²) < 4.78 is 26.2. The van der Waals surface area contributed by atoms with Crippen LogP contribution in [0.1, 0.15) is 117 Å². The topological polar surface area (TPSA) is 192 Å². The summed E-state index contributed by atoms with van der Waals surface area (Å²) in [7, 11) is 0. The Labute approximate surface area is 350 Å². The summed E-state index contributed by atoms with van der Waals surface area (Å²) in [6.07, 6.45) is 10.0. The molecule has 10 rings (SSSR count). The van der Waals surface area contributed by atoms with E-state index in [1.165, 1.54) is 75.1 Å². The van der Waals surface area contributed by atoms with Crippen LogP contribution in [-0.2, 0) is 14.2 Å². The van der Waals surface area contributed by atoms with Gasteiger partial charge in [0, 0.05) is 18.6 Å². The zero-order valence-electron chi connectivity index (χ0n) is 34.8. The molecule has 60 heavy (non-hydrogen) atoms. The number of carbonyl (C=O) groups is 2. The van der Waals surface area contributed by atoms with E-state index >= 15 is 0 Å². The summed E-state index contributed by atoms with van der Waals surface area (Å²) in [6, 6.07) is 4.16. The van der Waals surface area contributed by atoms with Gasteiger partial charge in [-0.3, -0.25) is 4.79 Å². The number of Topliss-reactive ketones (excluding diaryl/α,β-unsaturated/α-hetero) is 1. The summed E-state index contributed by atoms with van der Waals surface area (Å²) in [5.74, 6) is -1.37. The Morgan fingerprint density at radius 1 is 1.00 bits per heavy atom. The van der Waals surface area contributed by atoms with Gasteiger partial charge in [0.25, 0.3) is 0 Å². The zero-order valence-corrected chi connectivity index (χ0v) is 34.8. The number of rotatable bonds is 8. The smallest absolute Gasteiger partial charge is 0.335 e. The number of benzene rings is 2. The Bertz CT molecular complexity index is 2170. The molecule has 3 spiro atoms. The van der Waals surface area contributed by atoms with Gasteiger partial charge in [-0.05, 0) is 159 Å². The summed E-state index contributed by atoms with van der Waals surface area (Å²) >= 11 is 0. The lowest BCUT2D eigenvalue weighted by Crippen LogP contribution is -2.70. The fourth-order valence-electron chi connectivity index (χ4n) is 15.0. The molecular weight excluding hydrogens is 769 g/mol. The van der Waals surface area contributed by atoms with E-state index in [0.717, 1.165) is 24.8 Å². The molecule has 2 aromatic rings. The number of aryl methyl sites for hydroxylation is 1. The number of fused-ring (bicyclic) bond motifs is 3. The maximum absolute atomic E-state index is 12.6. The Balaban J connectivity index is 1.03. The van der Waals surface area contributed by atoms with Crippen LogP contribution in [0.15, 0.2) is 41.0 Å². The quantitative estimate of drug-likeness (QED) is 0.167. The van der Waals surface area contributed by atoms with E-state index in [2.05, 4.69) is 6.08 Å². The van der Waals surface area contributed by atoms with E-state index < -0.39 is 54.3 Å². The summed E-state index contributed by atoms with van der Waals surface area (Å²) in [5, 5.41) is 67.8. The number of carboxylic acids is 1. The van der Waals surface area contributed by atoms with Crippen LogP contribution in [0, 0.1) is 46.8 Å². The highest BCUT2D eigenvalue weighted by atomic mass is 16.7. The van der Waals surface area contributed by atoms with Crippen molar-refractivity contribution in [2.45, 2.75) is 128 Å². The predicted molar refractivity (Wildman–Crippen MR) is 219 cm³/mol. The second-order valence-electron chi connectivity index (χ2n) is 20.2. The Morgan fingerprint density at radius 3 is 2.52 bits per heavy atom. The largest absolute Gasteiger partial charge is 0.506 e. The van der Waals surface area contributed by atoms with Gasteiger partial charge in [-0.15, -0.1) is 0 Å². The first-order valence-corrected chi connectivity index (χ1v) is 22.4. The number of carboxylic acid groups (broad SMARTS) is 1. The molecular formula is C48H60O12. The molecule has 6 N–H and O–H groups in total. The van der Waals surface area contributed by atoms with E-state index in [1.807, 2.05) is 0 Å². The third kappa shape index (κ3) is 5.94. The standard InChI is InChI=1S/C48H60O12/c1-25-14-28-15-29(43(55)56)16-34(38(28)40(52)36(25)26(2)51)59-44-41(53)42(54)48(35(20-50)60-44)19-31-32-18-46(12-11-45(23-46)8-3-4-9-45)17-30-21-57-24-47(39(30)32,10-5-13-49)33-7-6-27(22-58-48)37(31)33/h7,14-16,30-32,35,39,41-42,44,49-50,52-54H,3-6,8-13,17-24H2,1-2H3,(H,55,56)/t30-,31+,32-,35-,39-,41-,42-,44+,46-,47+,48+/m1/s1. The third-order valence-corrected chi connectivity index (χ3v) is 17.1. The van der Waals surface area contributed by atoms with E-state index in [1.54, 1.807) is 13.0 Å². The molecule has 8 aliphatic rings. The summed E-state index contributed by atoms with van der Waals surface area (Å²) in [6.45, 7) is 4.03. The first-order chi connectivity index (χ1) is 28.8. The second-order valence-corrected chi connectivity index (χ2v) is 20.2. The number of aliphatic hydroxyl groups is 4. The molecule has 5 aliphatic carbocycles. The number of phenolic OH excluding ortho intramolecular Hbond substituents is 1. The van der Waals surface area contributed by atoms with Crippen molar-refractivity contribution in [3.63, 3.8) is 0 Å². The first kappa shape index (κ1) is 40.7. The highest BCUT2D eigenvalue weighted by Crippen LogP contribution is 2.72. The maximum atomic E-state index is 12.6. The van der Waals surface area contributed by atoms with Crippen molar-refractivity contribution in [3.8, 4) is 11.5 Å². The average molecular weight is 829 g/mol. The van der Waals surface area contributed by atoms with E-state index in [9.17, 15) is 40.2 Å². The number of hydrogen-bond donors (Lipinski definition) is 6. The third-order valence-electron chi connectivity index (χ3n) is 17.1. The number of carbonyl (C=O) groups excluding carboxylic acids is 1. The molecule has 2 saturated heterocycles. The lowest BCUT2D eigenvalue weighted by atomic mass is 9.42. The molecule has 0 bridgehead atoms. The molecule has 0 unspecified atom stereocenters. The van der Waals surface area contributed by atoms with Gasteiger partial charge in [0.05, 0.1) is 36.3 Å². The second kappa shape index (κ2) is 14.6. The average Bonchev–Trinajstić information content (AvgIpc) is 3.93. The SMILES string of the molecule is CC(=O)c1c(C)cc2cc(C(=O)O)cc(O[C@H]3O[C@H](CO)[C@@]4(C[C@@H]5C6=C(CC=C6[C@]6(CCCO)COC[C@H]7C[C@]8(CCC9(CCCC9)C8)C[C@H]5[C@@H]76)CO4)[C@H](O)[C@H]3O)c2c1O. The predicted octanol–water partition coefficient (Wildman–Crippen LogP) is 6.15. The Hall–Kier alpha value is -3.36. The minimum Gasteiger partial charge on any atom is -0.506 e. The number of ether oxygens (including phenoxy) is 4. The van der Waals surface area contributed by atoms with Gasteiger partial charge in [0.1, 0.15) is 35.4 Å². The van der Waals surface area contributed by atoms with E-state index in [4.69, 9.17) is 18.9 Å². The van der Waals surface area contributed by atoms with Crippen LogP contribution in [0.4, 0.5) is 0 Å². The normalized spacial score (nSPS) is 38.9. The van der Waals surface area contributed by atoms with Gasteiger partial charge < -0.3 is 49.6 Å².